The van der Waals surface area contributed by atoms with Crippen LogP contribution in [0.15, 0.2) is 36.5 Å². The van der Waals surface area contributed by atoms with Gasteiger partial charge in [0.25, 0.3) is 0 Å². The molecule has 1 fully saturated rings. The van der Waals surface area contributed by atoms with Gasteiger partial charge in [-0.15, -0.1) is 5.10 Å². The van der Waals surface area contributed by atoms with Gasteiger partial charge in [0, 0.05) is 13.1 Å². The van der Waals surface area contributed by atoms with E-state index in [-0.39, 0.29) is 43.3 Å². The van der Waals surface area contributed by atoms with Crippen LogP contribution in [0, 0.1) is 17.8 Å². The molecule has 9 nitrogen and oxygen atoms in total. The van der Waals surface area contributed by atoms with E-state index in [0.717, 1.165) is 37.9 Å². The predicted molar refractivity (Wildman–Crippen MR) is 134 cm³/mol. The molecule has 1 aliphatic heterocycles. The molecule has 1 aromatic heterocycles. The van der Waals surface area contributed by atoms with Crippen LogP contribution in [0.25, 0.3) is 0 Å². The molecule has 9 heteroatoms. The van der Waals surface area contributed by atoms with Gasteiger partial charge in [-0.25, -0.2) is 9.48 Å². The SMILES string of the molecule is CCN(CC)C(=O)[C@H](C)[C@H]1CC[C@@H](C[C@@H](C)n2cc(C#CCOC(=O)OCc3ccccc3)nn2)O1. The summed E-state index contributed by atoms with van der Waals surface area (Å²) >= 11 is 0. The smallest absolute Gasteiger partial charge is 0.429 e. The van der Waals surface area contributed by atoms with Gasteiger partial charge in [0.2, 0.25) is 5.91 Å². The maximum absolute atomic E-state index is 12.7. The lowest BCUT2D eigenvalue weighted by Crippen LogP contribution is -2.39. The molecule has 0 N–H and O–H groups in total. The van der Waals surface area contributed by atoms with Crippen LogP contribution in [0.4, 0.5) is 4.79 Å². The van der Waals surface area contributed by atoms with Crippen molar-refractivity contribution in [3.63, 3.8) is 0 Å². The molecule has 36 heavy (non-hydrogen) atoms. The van der Waals surface area contributed by atoms with Crippen molar-refractivity contribution in [3.05, 3.63) is 47.8 Å². The minimum Gasteiger partial charge on any atom is -0.429 e. The van der Waals surface area contributed by atoms with Crippen LogP contribution in [0.5, 0.6) is 0 Å². The molecular formula is C27H36N4O5. The lowest BCUT2D eigenvalue weighted by atomic mass is 9.99. The van der Waals surface area contributed by atoms with Crippen molar-refractivity contribution in [2.75, 3.05) is 19.7 Å². The first-order chi connectivity index (χ1) is 17.4. The third kappa shape index (κ3) is 7.82. The predicted octanol–water partition coefficient (Wildman–Crippen LogP) is 3.99. The maximum atomic E-state index is 12.7. The molecule has 1 saturated heterocycles. The van der Waals surface area contributed by atoms with Crippen molar-refractivity contribution in [2.24, 2.45) is 5.92 Å². The first-order valence-corrected chi connectivity index (χ1v) is 12.6. The number of rotatable bonds is 10. The minimum atomic E-state index is -0.770. The fraction of sp³-hybridized carbons (Fsp3) is 0.556. The highest BCUT2D eigenvalue weighted by atomic mass is 16.7. The van der Waals surface area contributed by atoms with E-state index in [9.17, 15) is 9.59 Å². The average Bonchev–Trinajstić information content (AvgIpc) is 3.56. The minimum absolute atomic E-state index is 0.0492. The summed E-state index contributed by atoms with van der Waals surface area (Å²) in [6.07, 6.45) is 3.60. The standard InChI is InChI=1S/C27H36N4O5/c1-5-30(6-2)26(32)21(4)25-15-14-24(36-25)17-20(3)31-18-23(28-29-31)13-10-16-34-27(33)35-19-22-11-8-7-9-12-22/h7-9,11-12,18,20-21,24-25H,5-6,14-17,19H2,1-4H3/t20-,21-,24+,25-/m1/s1. The van der Waals surface area contributed by atoms with E-state index in [1.165, 1.54) is 0 Å². The Morgan fingerprint density at radius 2 is 1.92 bits per heavy atom. The Morgan fingerprint density at radius 1 is 1.17 bits per heavy atom. The Morgan fingerprint density at radius 3 is 2.64 bits per heavy atom. The zero-order chi connectivity index (χ0) is 25.9. The fourth-order valence-corrected chi connectivity index (χ4v) is 4.27. The summed E-state index contributed by atoms with van der Waals surface area (Å²) in [4.78, 5) is 26.2. The quantitative estimate of drug-likeness (QED) is 0.363. The summed E-state index contributed by atoms with van der Waals surface area (Å²) in [6, 6.07) is 9.43. The van der Waals surface area contributed by atoms with Gasteiger partial charge < -0.3 is 19.1 Å². The molecule has 0 aliphatic carbocycles. The molecule has 2 aromatic rings. The zero-order valence-corrected chi connectivity index (χ0v) is 21.6. The number of ether oxygens (including phenoxy) is 3. The van der Waals surface area contributed by atoms with Crippen LogP contribution < -0.4 is 0 Å². The van der Waals surface area contributed by atoms with E-state index < -0.39 is 6.16 Å². The highest BCUT2D eigenvalue weighted by molar-refractivity contribution is 5.79. The second kappa shape index (κ2) is 13.6. The summed E-state index contributed by atoms with van der Waals surface area (Å²) in [5.74, 6) is 5.62. The molecule has 1 amide bonds. The average molecular weight is 497 g/mol. The highest BCUT2D eigenvalue weighted by Crippen LogP contribution is 2.31. The van der Waals surface area contributed by atoms with E-state index in [0.29, 0.717) is 5.69 Å². The molecule has 4 atom stereocenters. The summed E-state index contributed by atoms with van der Waals surface area (Å²) in [5, 5.41) is 8.26. The van der Waals surface area contributed by atoms with Gasteiger partial charge in [-0.2, -0.15) is 0 Å². The first kappa shape index (κ1) is 27.2. The molecule has 0 spiro atoms. The van der Waals surface area contributed by atoms with E-state index in [2.05, 4.69) is 29.1 Å². The zero-order valence-electron chi connectivity index (χ0n) is 21.6. The number of carbonyl (C=O) groups excluding carboxylic acids is 2. The monoisotopic (exact) mass is 496 g/mol. The molecule has 194 valence electrons. The largest absolute Gasteiger partial charge is 0.509 e. The summed E-state index contributed by atoms with van der Waals surface area (Å²) in [5.41, 5.74) is 1.37. The third-order valence-corrected chi connectivity index (χ3v) is 6.41. The molecule has 0 bridgehead atoms. The second-order valence-electron chi connectivity index (χ2n) is 8.96. The number of amides is 1. The van der Waals surface area contributed by atoms with Crippen molar-refractivity contribution in [1.82, 2.24) is 19.9 Å². The molecular weight excluding hydrogens is 460 g/mol. The van der Waals surface area contributed by atoms with Crippen molar-refractivity contribution < 1.29 is 23.8 Å². The Labute approximate surface area is 213 Å². The van der Waals surface area contributed by atoms with Crippen LogP contribution in [0.2, 0.25) is 0 Å². The molecule has 1 aliphatic rings. The molecule has 0 saturated carbocycles. The van der Waals surface area contributed by atoms with Gasteiger partial charge in [0.15, 0.2) is 12.3 Å². The van der Waals surface area contributed by atoms with Crippen LogP contribution in [0.3, 0.4) is 0 Å². The lowest BCUT2D eigenvalue weighted by Gasteiger charge is -2.26. The Bertz CT molecular complexity index is 1040. The lowest BCUT2D eigenvalue weighted by molar-refractivity contribution is -0.139. The van der Waals surface area contributed by atoms with Crippen LogP contribution in [0.1, 0.15) is 64.3 Å². The molecule has 2 heterocycles. The summed E-state index contributed by atoms with van der Waals surface area (Å²) in [6.45, 7) is 9.50. The number of aromatic nitrogens is 3. The Balaban J connectivity index is 1.40. The Kier molecular flexibility index (Phi) is 10.3. The van der Waals surface area contributed by atoms with Crippen LogP contribution in [-0.4, -0.2) is 63.9 Å². The van der Waals surface area contributed by atoms with E-state index in [1.54, 1.807) is 10.9 Å². The number of nitrogens with zero attached hydrogens (tertiary/aromatic N) is 4. The molecule has 0 radical (unpaired) electrons. The van der Waals surface area contributed by atoms with Gasteiger partial charge >= 0.3 is 6.16 Å². The number of carbonyl (C=O) groups is 2. The van der Waals surface area contributed by atoms with Crippen molar-refractivity contribution in [2.45, 2.75) is 71.8 Å². The summed E-state index contributed by atoms with van der Waals surface area (Å²) in [7, 11) is 0. The van der Waals surface area contributed by atoms with Crippen LogP contribution >= 0.6 is 0 Å². The van der Waals surface area contributed by atoms with Gasteiger partial charge in [-0.05, 0) is 51.5 Å². The maximum Gasteiger partial charge on any atom is 0.509 e. The number of hydrogen-bond acceptors (Lipinski definition) is 7. The van der Waals surface area contributed by atoms with Gasteiger partial charge in [-0.3, -0.25) is 4.79 Å². The fourth-order valence-electron chi connectivity index (χ4n) is 4.27. The van der Waals surface area contributed by atoms with Gasteiger partial charge in [0.05, 0.1) is 30.4 Å². The molecule has 1 aromatic carbocycles. The topological polar surface area (TPSA) is 95.8 Å². The molecule has 0 unspecified atom stereocenters. The van der Waals surface area contributed by atoms with E-state index in [4.69, 9.17) is 14.2 Å². The van der Waals surface area contributed by atoms with Crippen molar-refractivity contribution >= 4 is 12.1 Å². The van der Waals surface area contributed by atoms with Gasteiger partial charge in [0.1, 0.15) is 6.61 Å². The second-order valence-corrected chi connectivity index (χ2v) is 8.96. The van der Waals surface area contributed by atoms with E-state index in [1.807, 2.05) is 56.0 Å². The highest BCUT2D eigenvalue weighted by Gasteiger charge is 2.35. The van der Waals surface area contributed by atoms with E-state index >= 15 is 0 Å². The molecule has 3 rings (SSSR count). The first-order valence-electron chi connectivity index (χ1n) is 12.6. The Hall–Kier alpha value is -3.38. The normalized spacial score (nSPS) is 18.6. The van der Waals surface area contributed by atoms with Crippen LogP contribution in [-0.2, 0) is 25.6 Å². The van der Waals surface area contributed by atoms with Crippen molar-refractivity contribution in [3.8, 4) is 11.8 Å². The number of benzene rings is 1. The number of hydrogen-bond donors (Lipinski definition) is 0. The van der Waals surface area contributed by atoms with Crippen molar-refractivity contribution in [1.29, 1.82) is 0 Å². The van der Waals surface area contributed by atoms with Gasteiger partial charge in [-0.1, -0.05) is 48.4 Å². The third-order valence-electron chi connectivity index (χ3n) is 6.41. The summed E-state index contributed by atoms with van der Waals surface area (Å²) < 4.78 is 18.0.